The summed E-state index contributed by atoms with van der Waals surface area (Å²) in [6.07, 6.45) is 1.76. The summed E-state index contributed by atoms with van der Waals surface area (Å²) in [6.45, 7) is 0.760. The molecule has 1 aliphatic heterocycles. The zero-order valence-corrected chi connectivity index (χ0v) is 12.8. The molecule has 0 saturated carbocycles. The smallest absolute Gasteiger partial charge is 0.244 e. The van der Waals surface area contributed by atoms with Crippen molar-refractivity contribution in [2.45, 2.75) is 30.4 Å². The lowest BCUT2D eigenvalue weighted by molar-refractivity contribution is 0.0979. The number of rotatable bonds is 5. The molecule has 0 aliphatic carbocycles. The number of aliphatic hydroxyl groups is 1. The molecule has 1 N–H and O–H groups in total. The van der Waals surface area contributed by atoms with Crippen molar-refractivity contribution in [3.05, 3.63) is 28.8 Å². The van der Waals surface area contributed by atoms with E-state index in [0.29, 0.717) is 18.7 Å². The predicted molar refractivity (Wildman–Crippen MR) is 76.2 cm³/mol. The van der Waals surface area contributed by atoms with Crippen LogP contribution in [0.4, 0.5) is 0 Å². The van der Waals surface area contributed by atoms with Gasteiger partial charge in [-0.25, -0.2) is 8.42 Å². The number of nitrogens with zero attached hydrogens (tertiary/aromatic N) is 1. The molecule has 1 heterocycles. The van der Waals surface area contributed by atoms with Crippen LogP contribution >= 0.6 is 11.6 Å². The van der Waals surface area contributed by atoms with Gasteiger partial charge < -0.3 is 9.84 Å². The zero-order chi connectivity index (χ0) is 14.8. The number of ether oxygens (including phenoxy) is 1. The van der Waals surface area contributed by atoms with Crippen molar-refractivity contribution in [3.8, 4) is 0 Å². The fourth-order valence-electron chi connectivity index (χ4n) is 2.18. The summed E-state index contributed by atoms with van der Waals surface area (Å²) in [7, 11) is -2.17. The molecule has 1 fully saturated rings. The maximum absolute atomic E-state index is 12.5. The summed E-state index contributed by atoms with van der Waals surface area (Å²) >= 11 is 5.98. The van der Waals surface area contributed by atoms with E-state index in [1.165, 1.54) is 23.5 Å². The third-order valence-electron chi connectivity index (χ3n) is 3.35. The van der Waals surface area contributed by atoms with E-state index in [-0.39, 0.29) is 22.6 Å². The molecule has 0 aromatic heterocycles. The van der Waals surface area contributed by atoms with Crippen molar-refractivity contribution in [1.82, 2.24) is 4.31 Å². The van der Waals surface area contributed by atoms with E-state index >= 15 is 0 Å². The average molecular weight is 320 g/mol. The van der Waals surface area contributed by atoms with Crippen molar-refractivity contribution in [2.24, 2.45) is 0 Å². The van der Waals surface area contributed by atoms with Crippen LogP contribution < -0.4 is 0 Å². The Kier molecular flexibility index (Phi) is 5.04. The van der Waals surface area contributed by atoms with E-state index in [9.17, 15) is 8.42 Å². The van der Waals surface area contributed by atoms with Crippen LogP contribution in [-0.2, 0) is 21.4 Å². The SMILES string of the molecule is CN(CC1CCCO1)S(=O)(=O)c1cc(CO)ccc1Cl. The van der Waals surface area contributed by atoms with Crippen molar-refractivity contribution >= 4 is 21.6 Å². The van der Waals surface area contributed by atoms with Crippen molar-refractivity contribution in [3.63, 3.8) is 0 Å². The fraction of sp³-hybridized carbons (Fsp3) is 0.538. The molecule has 0 radical (unpaired) electrons. The van der Waals surface area contributed by atoms with Gasteiger partial charge in [0.05, 0.1) is 17.7 Å². The quantitative estimate of drug-likeness (QED) is 0.896. The second kappa shape index (κ2) is 6.41. The molecular formula is C13H18ClNO4S. The maximum Gasteiger partial charge on any atom is 0.244 e. The highest BCUT2D eigenvalue weighted by Crippen LogP contribution is 2.26. The Balaban J connectivity index is 2.24. The molecule has 1 atom stereocenters. The lowest BCUT2D eigenvalue weighted by atomic mass is 10.2. The lowest BCUT2D eigenvalue weighted by Crippen LogP contribution is -2.34. The summed E-state index contributed by atoms with van der Waals surface area (Å²) in [5.74, 6) is 0. The third kappa shape index (κ3) is 3.32. The predicted octanol–water partition coefficient (Wildman–Crippen LogP) is 1.63. The van der Waals surface area contributed by atoms with E-state index < -0.39 is 10.0 Å². The highest BCUT2D eigenvalue weighted by Gasteiger charge is 2.27. The van der Waals surface area contributed by atoms with Crippen LogP contribution in [0.3, 0.4) is 0 Å². The van der Waals surface area contributed by atoms with Crippen LogP contribution in [0.2, 0.25) is 5.02 Å². The van der Waals surface area contributed by atoms with Crippen LogP contribution in [0.15, 0.2) is 23.1 Å². The first-order valence-corrected chi connectivity index (χ1v) is 8.24. The van der Waals surface area contributed by atoms with E-state index in [0.717, 1.165) is 12.8 Å². The Bertz CT molecular complexity index is 570. The van der Waals surface area contributed by atoms with Gasteiger partial charge >= 0.3 is 0 Å². The number of aliphatic hydroxyl groups excluding tert-OH is 1. The maximum atomic E-state index is 12.5. The van der Waals surface area contributed by atoms with Crippen LogP contribution in [0.5, 0.6) is 0 Å². The van der Waals surface area contributed by atoms with Gasteiger partial charge in [0.15, 0.2) is 0 Å². The van der Waals surface area contributed by atoms with E-state index in [2.05, 4.69) is 0 Å². The first-order valence-electron chi connectivity index (χ1n) is 6.42. The first kappa shape index (κ1) is 15.7. The molecule has 20 heavy (non-hydrogen) atoms. The molecule has 5 nitrogen and oxygen atoms in total. The fourth-order valence-corrected chi connectivity index (χ4v) is 3.91. The number of hydrogen-bond acceptors (Lipinski definition) is 4. The molecule has 0 bridgehead atoms. The lowest BCUT2D eigenvalue weighted by Gasteiger charge is -2.21. The molecule has 0 amide bonds. The zero-order valence-electron chi connectivity index (χ0n) is 11.3. The van der Waals surface area contributed by atoms with Crippen molar-refractivity contribution in [2.75, 3.05) is 20.2 Å². The van der Waals surface area contributed by atoms with Gasteiger partial charge in [0, 0.05) is 20.2 Å². The molecule has 7 heteroatoms. The van der Waals surface area contributed by atoms with Crippen LogP contribution in [0.25, 0.3) is 0 Å². The molecule has 0 spiro atoms. The normalized spacial score (nSPS) is 19.7. The minimum absolute atomic E-state index is 0.0196. The summed E-state index contributed by atoms with van der Waals surface area (Å²) in [4.78, 5) is 0.0196. The van der Waals surface area contributed by atoms with Gasteiger partial charge in [-0.3, -0.25) is 0 Å². The van der Waals surface area contributed by atoms with Gasteiger partial charge in [-0.05, 0) is 30.5 Å². The number of hydrogen-bond donors (Lipinski definition) is 1. The Morgan fingerprint density at radius 2 is 2.25 bits per heavy atom. The van der Waals surface area contributed by atoms with Crippen LogP contribution in [0.1, 0.15) is 18.4 Å². The average Bonchev–Trinajstić information content (AvgIpc) is 2.92. The van der Waals surface area contributed by atoms with Gasteiger partial charge in [-0.1, -0.05) is 17.7 Å². The monoisotopic (exact) mass is 319 g/mol. The number of halogens is 1. The Labute approximate surface area is 124 Å². The van der Waals surface area contributed by atoms with Crippen molar-refractivity contribution in [1.29, 1.82) is 0 Å². The molecule has 1 unspecified atom stereocenters. The van der Waals surface area contributed by atoms with Gasteiger partial charge in [0.2, 0.25) is 10.0 Å². The van der Waals surface area contributed by atoms with Gasteiger partial charge in [0.1, 0.15) is 4.90 Å². The Morgan fingerprint density at radius 1 is 1.50 bits per heavy atom. The first-order chi connectivity index (χ1) is 9.45. The number of likely N-dealkylation sites (N-methyl/N-ethyl adjacent to an activating group) is 1. The Morgan fingerprint density at radius 3 is 2.85 bits per heavy atom. The number of benzene rings is 1. The topological polar surface area (TPSA) is 66.8 Å². The third-order valence-corrected chi connectivity index (χ3v) is 5.66. The van der Waals surface area contributed by atoms with E-state index in [1.54, 1.807) is 6.07 Å². The molecule has 1 saturated heterocycles. The standard InChI is InChI=1S/C13H18ClNO4S/c1-15(8-11-3-2-6-19-11)20(17,18)13-7-10(9-16)4-5-12(13)14/h4-5,7,11,16H,2-3,6,8-9H2,1H3. The second-order valence-corrected chi connectivity index (χ2v) is 7.26. The van der Waals surface area contributed by atoms with Gasteiger partial charge in [-0.2, -0.15) is 4.31 Å². The summed E-state index contributed by atoms with van der Waals surface area (Å²) in [5.41, 5.74) is 0.512. The summed E-state index contributed by atoms with van der Waals surface area (Å²) in [6, 6.07) is 4.49. The largest absolute Gasteiger partial charge is 0.392 e. The molecule has 1 aromatic carbocycles. The van der Waals surface area contributed by atoms with Crippen LogP contribution in [-0.4, -0.2) is 44.1 Å². The summed E-state index contributed by atoms with van der Waals surface area (Å²) in [5, 5.41) is 9.27. The molecule has 1 aromatic rings. The highest BCUT2D eigenvalue weighted by atomic mass is 35.5. The van der Waals surface area contributed by atoms with Gasteiger partial charge in [-0.15, -0.1) is 0 Å². The Hall–Kier alpha value is -0.660. The van der Waals surface area contributed by atoms with E-state index in [4.69, 9.17) is 21.4 Å². The van der Waals surface area contributed by atoms with Gasteiger partial charge in [0.25, 0.3) is 0 Å². The molecule has 2 rings (SSSR count). The number of sulfonamides is 1. The summed E-state index contributed by atoms with van der Waals surface area (Å²) < 4.78 is 31.7. The van der Waals surface area contributed by atoms with Crippen molar-refractivity contribution < 1.29 is 18.3 Å². The molecular weight excluding hydrogens is 302 g/mol. The second-order valence-electron chi connectivity index (χ2n) is 4.84. The minimum Gasteiger partial charge on any atom is -0.392 e. The van der Waals surface area contributed by atoms with Crippen LogP contribution in [0, 0.1) is 0 Å². The van der Waals surface area contributed by atoms with E-state index in [1.807, 2.05) is 0 Å². The highest BCUT2D eigenvalue weighted by molar-refractivity contribution is 7.89. The minimum atomic E-state index is -3.68. The molecule has 1 aliphatic rings. The molecule has 112 valence electrons.